The number of carboxylic acid groups (broad SMARTS) is 1. The zero-order chi connectivity index (χ0) is 11.4. The summed E-state index contributed by atoms with van der Waals surface area (Å²) in [6, 6.07) is 3.57. The first-order valence-corrected chi connectivity index (χ1v) is 4.05. The Hall–Kier alpha value is -2.17. The van der Waals surface area contributed by atoms with Gasteiger partial charge in [-0.3, -0.25) is 0 Å². The fourth-order valence-electron chi connectivity index (χ4n) is 1.10. The zero-order valence-electron chi connectivity index (χ0n) is 7.70. The lowest BCUT2D eigenvalue weighted by Crippen LogP contribution is -2.01. The molecule has 5 heteroatoms. The summed E-state index contributed by atoms with van der Waals surface area (Å²) < 4.78 is 13.2. The lowest BCUT2D eigenvalue weighted by atomic mass is 10.1. The van der Waals surface area contributed by atoms with Crippen molar-refractivity contribution in [3.8, 4) is 0 Å². The molecule has 0 heterocycles. The molecule has 0 aromatic heterocycles. The van der Waals surface area contributed by atoms with E-state index in [1.54, 1.807) is 0 Å². The van der Waals surface area contributed by atoms with E-state index >= 15 is 0 Å². The van der Waals surface area contributed by atoms with E-state index in [2.05, 4.69) is 0 Å². The first-order chi connectivity index (χ1) is 7.10. The summed E-state index contributed by atoms with van der Waals surface area (Å²) in [7, 11) is 0. The van der Waals surface area contributed by atoms with E-state index in [0.717, 1.165) is 24.5 Å². The second kappa shape index (κ2) is 4.36. The maximum atomic E-state index is 13.2. The lowest BCUT2D eigenvalue weighted by molar-refractivity contribution is 0.0692. The molecule has 0 aliphatic heterocycles. The van der Waals surface area contributed by atoms with E-state index < -0.39 is 17.3 Å². The minimum absolute atomic E-state index is 0.325. The van der Waals surface area contributed by atoms with Crippen molar-refractivity contribution >= 4 is 17.8 Å². The van der Waals surface area contributed by atoms with Crippen LogP contribution in [-0.2, 0) is 0 Å². The summed E-state index contributed by atoms with van der Waals surface area (Å²) in [6.07, 6.45) is 2.12. The number of aromatic carboxylic acids is 1. The Balaban J connectivity index is 3.23. The molecule has 0 saturated heterocycles. The van der Waals surface area contributed by atoms with Crippen molar-refractivity contribution in [3.05, 3.63) is 41.3 Å². The van der Waals surface area contributed by atoms with Gasteiger partial charge in [-0.25, -0.2) is 9.18 Å². The number of allylic oxidation sites excluding steroid dienone is 1. The highest BCUT2D eigenvalue weighted by atomic mass is 19.1. The van der Waals surface area contributed by atoms with Crippen LogP contribution in [0.15, 0.2) is 24.4 Å². The molecule has 0 aliphatic rings. The van der Waals surface area contributed by atoms with Crippen molar-refractivity contribution in [2.24, 2.45) is 5.73 Å². The molecule has 4 nitrogen and oxygen atoms in total. The Labute approximate surface area is 85.3 Å². The minimum Gasteiger partial charge on any atom is -0.478 e. The van der Waals surface area contributed by atoms with Gasteiger partial charge in [-0.15, -0.1) is 0 Å². The summed E-state index contributed by atoms with van der Waals surface area (Å²) >= 11 is 0. The van der Waals surface area contributed by atoms with Crippen LogP contribution >= 0.6 is 0 Å². The van der Waals surface area contributed by atoms with Gasteiger partial charge in [0, 0.05) is 18.0 Å². The molecule has 0 amide bonds. The fraction of sp³-hybridized carbons (Fsp3) is 0. The lowest BCUT2D eigenvalue weighted by Gasteiger charge is -2.02. The number of halogens is 1. The van der Waals surface area contributed by atoms with Crippen molar-refractivity contribution < 1.29 is 14.3 Å². The molecule has 1 aromatic rings. The molecular formula is C10H9FN2O2. The van der Waals surface area contributed by atoms with Crippen LogP contribution < -0.4 is 5.73 Å². The van der Waals surface area contributed by atoms with Crippen molar-refractivity contribution in [1.29, 1.82) is 5.41 Å². The van der Waals surface area contributed by atoms with E-state index in [0.29, 0.717) is 11.1 Å². The predicted molar refractivity (Wildman–Crippen MR) is 54.3 cm³/mol. The number of benzene rings is 1. The number of nitrogens with two attached hydrogens (primary N) is 1. The summed E-state index contributed by atoms with van der Waals surface area (Å²) in [6.45, 7) is 0. The third-order valence-corrected chi connectivity index (χ3v) is 1.87. The van der Waals surface area contributed by atoms with E-state index in [-0.39, 0.29) is 0 Å². The molecule has 0 unspecified atom stereocenters. The average Bonchev–Trinajstić information content (AvgIpc) is 2.19. The number of rotatable bonds is 3. The summed E-state index contributed by atoms with van der Waals surface area (Å²) in [5.41, 5.74) is 5.50. The number of carboxylic acids is 1. The second-order valence-corrected chi connectivity index (χ2v) is 2.77. The Morgan fingerprint density at radius 2 is 2.20 bits per heavy atom. The molecule has 0 spiro atoms. The normalized spacial score (nSPS) is 11.1. The number of hydrogen-bond donors (Lipinski definition) is 3. The van der Waals surface area contributed by atoms with Crippen LogP contribution in [-0.4, -0.2) is 17.3 Å². The average molecular weight is 208 g/mol. The van der Waals surface area contributed by atoms with E-state index in [1.807, 2.05) is 0 Å². The highest BCUT2D eigenvalue weighted by Gasteiger charge is 2.11. The molecule has 0 saturated carbocycles. The van der Waals surface area contributed by atoms with E-state index in [4.69, 9.17) is 16.2 Å². The molecule has 0 atom stereocenters. The quantitative estimate of drug-likeness (QED) is 0.657. The van der Waals surface area contributed by atoms with Crippen molar-refractivity contribution in [2.45, 2.75) is 0 Å². The summed E-state index contributed by atoms with van der Waals surface area (Å²) in [5.74, 6) is -2.17. The molecule has 0 radical (unpaired) electrons. The van der Waals surface area contributed by atoms with E-state index in [1.165, 1.54) is 6.07 Å². The number of nitrogens with one attached hydrogen (secondary N) is 1. The first-order valence-electron chi connectivity index (χ1n) is 4.05. The smallest absolute Gasteiger partial charge is 0.338 e. The largest absolute Gasteiger partial charge is 0.478 e. The Morgan fingerprint density at radius 1 is 1.53 bits per heavy atom. The topological polar surface area (TPSA) is 87.2 Å². The minimum atomic E-state index is -1.33. The molecule has 78 valence electrons. The molecule has 0 aliphatic carbocycles. The van der Waals surface area contributed by atoms with Crippen molar-refractivity contribution in [2.75, 3.05) is 0 Å². The Morgan fingerprint density at radius 3 is 2.60 bits per heavy atom. The third-order valence-electron chi connectivity index (χ3n) is 1.87. The molecular weight excluding hydrogens is 199 g/mol. The Bertz CT molecular complexity index is 441. The van der Waals surface area contributed by atoms with Crippen LogP contribution in [0, 0.1) is 11.2 Å². The van der Waals surface area contributed by atoms with Gasteiger partial charge in [0.05, 0.1) is 5.56 Å². The van der Waals surface area contributed by atoms with Crippen LogP contribution in [0.3, 0.4) is 0 Å². The monoisotopic (exact) mass is 208 g/mol. The van der Waals surface area contributed by atoms with Gasteiger partial charge >= 0.3 is 5.97 Å². The zero-order valence-corrected chi connectivity index (χ0v) is 7.70. The summed E-state index contributed by atoms with van der Waals surface area (Å²) in [5, 5.41) is 15.6. The standard InChI is InChI=1S/C10H9FN2O2/c11-9-3-6(7(4-12)5-13)1-2-8(9)10(14)15/h1-5,12H,13H2,(H,14,15). The maximum Gasteiger partial charge on any atom is 0.338 e. The van der Waals surface area contributed by atoms with Crippen molar-refractivity contribution in [3.63, 3.8) is 0 Å². The molecule has 15 heavy (non-hydrogen) atoms. The van der Waals surface area contributed by atoms with Crippen LogP contribution in [0.1, 0.15) is 15.9 Å². The fourth-order valence-corrected chi connectivity index (χ4v) is 1.10. The van der Waals surface area contributed by atoms with Gasteiger partial charge in [0.1, 0.15) is 5.82 Å². The van der Waals surface area contributed by atoms with Gasteiger partial charge in [0.25, 0.3) is 0 Å². The van der Waals surface area contributed by atoms with Gasteiger partial charge in [-0.1, -0.05) is 6.07 Å². The third kappa shape index (κ3) is 2.19. The van der Waals surface area contributed by atoms with Gasteiger partial charge in [-0.05, 0) is 17.7 Å². The highest BCUT2D eigenvalue weighted by Crippen LogP contribution is 2.16. The number of hydrogen-bond acceptors (Lipinski definition) is 3. The van der Waals surface area contributed by atoms with Gasteiger partial charge in [-0.2, -0.15) is 0 Å². The van der Waals surface area contributed by atoms with Gasteiger partial charge in [0.15, 0.2) is 0 Å². The van der Waals surface area contributed by atoms with Crippen LogP contribution in [0.4, 0.5) is 4.39 Å². The summed E-state index contributed by atoms with van der Waals surface area (Å²) in [4.78, 5) is 10.5. The van der Waals surface area contributed by atoms with Gasteiger partial charge in [0.2, 0.25) is 0 Å². The molecule has 0 fully saturated rings. The maximum absolute atomic E-state index is 13.2. The van der Waals surface area contributed by atoms with E-state index in [9.17, 15) is 9.18 Å². The molecule has 4 N–H and O–H groups in total. The SMILES string of the molecule is N=CC(=CN)c1ccc(C(=O)O)c(F)c1. The first kappa shape index (κ1) is 10.9. The van der Waals surface area contributed by atoms with Crippen LogP contribution in [0.5, 0.6) is 0 Å². The van der Waals surface area contributed by atoms with Crippen molar-refractivity contribution in [1.82, 2.24) is 0 Å². The number of carbonyl (C=O) groups is 1. The Kier molecular flexibility index (Phi) is 3.17. The highest BCUT2D eigenvalue weighted by molar-refractivity contribution is 6.08. The van der Waals surface area contributed by atoms with Crippen LogP contribution in [0.25, 0.3) is 5.57 Å². The molecule has 0 bridgehead atoms. The predicted octanol–water partition coefficient (Wildman–Crippen LogP) is 1.47. The molecule has 1 aromatic carbocycles. The van der Waals surface area contributed by atoms with Gasteiger partial charge < -0.3 is 16.2 Å². The second-order valence-electron chi connectivity index (χ2n) is 2.77. The van der Waals surface area contributed by atoms with Crippen LogP contribution in [0.2, 0.25) is 0 Å². The molecule has 1 rings (SSSR count).